The van der Waals surface area contributed by atoms with E-state index >= 15 is 0 Å². The summed E-state index contributed by atoms with van der Waals surface area (Å²) < 4.78 is 32.3. The molecule has 34 heavy (non-hydrogen) atoms. The zero-order valence-electron chi connectivity index (χ0n) is 19.6. The van der Waals surface area contributed by atoms with Crippen molar-refractivity contribution in [2.45, 2.75) is 32.6 Å². The molecule has 0 radical (unpaired) electrons. The summed E-state index contributed by atoms with van der Waals surface area (Å²) in [4.78, 5) is 30.4. The van der Waals surface area contributed by atoms with E-state index in [9.17, 15) is 18.0 Å². The van der Waals surface area contributed by atoms with Gasteiger partial charge in [0, 0.05) is 24.4 Å². The van der Waals surface area contributed by atoms with Crippen LogP contribution in [0.15, 0.2) is 69.7 Å². The van der Waals surface area contributed by atoms with Gasteiger partial charge < -0.3 is 15.4 Å². The number of nitrogens with zero attached hydrogens (tertiary/aromatic N) is 2. The van der Waals surface area contributed by atoms with Gasteiger partial charge in [-0.05, 0) is 44.2 Å². The third-order valence-electron chi connectivity index (χ3n) is 5.22. The van der Waals surface area contributed by atoms with Crippen LogP contribution in [0.5, 0.6) is 0 Å². The van der Waals surface area contributed by atoms with Crippen LogP contribution in [0.3, 0.4) is 0 Å². The summed E-state index contributed by atoms with van der Waals surface area (Å²) in [6.07, 6.45) is 0. The smallest absolute Gasteiger partial charge is 0.343 e. The molecule has 2 aromatic rings. The van der Waals surface area contributed by atoms with Crippen LogP contribution in [-0.2, 0) is 19.6 Å². The Balaban J connectivity index is 2.01. The fourth-order valence-corrected chi connectivity index (χ4v) is 5.03. The second-order valence-corrected chi connectivity index (χ2v) is 9.33. The maximum atomic E-state index is 13.2. The van der Waals surface area contributed by atoms with E-state index in [1.807, 2.05) is 6.07 Å². The molecule has 1 heterocycles. The van der Waals surface area contributed by atoms with Crippen molar-refractivity contribution in [3.05, 3.63) is 65.4 Å². The molecule has 1 aliphatic heterocycles. The van der Waals surface area contributed by atoms with Crippen LogP contribution in [0.25, 0.3) is 0 Å². The maximum absolute atomic E-state index is 13.2. The first-order valence-corrected chi connectivity index (χ1v) is 12.4. The summed E-state index contributed by atoms with van der Waals surface area (Å²) in [6.45, 7) is 7.64. The summed E-state index contributed by atoms with van der Waals surface area (Å²) in [6, 6.07) is 12.9. The second-order valence-electron chi connectivity index (χ2n) is 7.39. The Morgan fingerprint density at radius 1 is 1.06 bits per heavy atom. The number of amides is 1. The van der Waals surface area contributed by atoms with Crippen molar-refractivity contribution in [1.82, 2.24) is 9.62 Å². The molecule has 9 nitrogen and oxygen atoms in total. The van der Waals surface area contributed by atoms with Crippen LogP contribution < -0.4 is 10.6 Å². The molecule has 1 aliphatic rings. The van der Waals surface area contributed by atoms with Gasteiger partial charge in [0.15, 0.2) is 0 Å². The van der Waals surface area contributed by atoms with E-state index in [1.54, 1.807) is 45.9 Å². The summed E-state index contributed by atoms with van der Waals surface area (Å²) in [5.74, 6) is -1.24. The molecule has 180 valence electrons. The van der Waals surface area contributed by atoms with E-state index in [0.717, 1.165) is 0 Å². The molecule has 0 aromatic heterocycles. The molecule has 10 heteroatoms. The maximum Gasteiger partial charge on any atom is 0.343 e. The van der Waals surface area contributed by atoms with E-state index in [-0.39, 0.29) is 28.5 Å². The van der Waals surface area contributed by atoms with Crippen LogP contribution in [0, 0.1) is 0 Å². The monoisotopic (exact) mass is 484 g/mol. The lowest BCUT2D eigenvalue weighted by Gasteiger charge is -2.19. The zero-order chi connectivity index (χ0) is 24.9. The van der Waals surface area contributed by atoms with Crippen LogP contribution in [-0.4, -0.2) is 50.1 Å². The molecule has 0 saturated heterocycles. The SMILES string of the molecule is CCOC(=O)C1=C(C)Nc2ccccc2N=C1NC(=O)c1cccc(S(=O)(=O)N(CC)CC)c1. The summed E-state index contributed by atoms with van der Waals surface area (Å²) in [5.41, 5.74) is 1.84. The molecule has 0 aliphatic carbocycles. The number of carbonyl (C=O) groups excluding carboxylic acids is 2. The number of para-hydroxylation sites is 2. The minimum Gasteiger partial charge on any atom is -0.462 e. The molecule has 0 bridgehead atoms. The number of hydrogen-bond donors (Lipinski definition) is 2. The van der Waals surface area contributed by atoms with Gasteiger partial charge in [0.05, 0.1) is 22.9 Å². The quantitative estimate of drug-likeness (QED) is 0.582. The molecule has 1 amide bonds. The number of rotatable bonds is 7. The van der Waals surface area contributed by atoms with Crippen molar-refractivity contribution in [2.24, 2.45) is 4.99 Å². The molecule has 0 unspecified atom stereocenters. The van der Waals surface area contributed by atoms with Gasteiger partial charge in [-0.15, -0.1) is 0 Å². The van der Waals surface area contributed by atoms with E-state index in [1.165, 1.54) is 28.6 Å². The Hall–Kier alpha value is -3.50. The van der Waals surface area contributed by atoms with Gasteiger partial charge in [-0.25, -0.2) is 18.2 Å². The minimum atomic E-state index is -3.75. The highest BCUT2D eigenvalue weighted by Crippen LogP contribution is 2.30. The topological polar surface area (TPSA) is 117 Å². The van der Waals surface area contributed by atoms with Crippen molar-refractivity contribution in [3.63, 3.8) is 0 Å². The summed E-state index contributed by atoms with van der Waals surface area (Å²) in [7, 11) is -3.75. The number of allylic oxidation sites excluding steroid dienone is 1. The highest BCUT2D eigenvalue weighted by molar-refractivity contribution is 7.89. The van der Waals surface area contributed by atoms with Crippen molar-refractivity contribution in [1.29, 1.82) is 0 Å². The molecule has 2 N–H and O–H groups in total. The number of nitrogens with one attached hydrogen (secondary N) is 2. The van der Waals surface area contributed by atoms with Crippen LogP contribution in [0.1, 0.15) is 38.1 Å². The van der Waals surface area contributed by atoms with Gasteiger partial charge in [-0.2, -0.15) is 4.31 Å². The average molecular weight is 485 g/mol. The van der Waals surface area contributed by atoms with Crippen molar-refractivity contribution in [2.75, 3.05) is 25.0 Å². The number of esters is 1. The molecule has 0 spiro atoms. The fraction of sp³-hybridized carbons (Fsp3) is 0.292. The number of amidine groups is 1. The molecule has 2 aromatic carbocycles. The third-order valence-corrected chi connectivity index (χ3v) is 7.27. The number of anilines is 1. The van der Waals surface area contributed by atoms with E-state index in [0.29, 0.717) is 30.2 Å². The van der Waals surface area contributed by atoms with Crippen molar-refractivity contribution < 1.29 is 22.7 Å². The molecule has 3 rings (SSSR count). The minimum absolute atomic E-state index is 0.00963. The van der Waals surface area contributed by atoms with Crippen LogP contribution >= 0.6 is 0 Å². The third kappa shape index (κ3) is 5.18. The number of benzene rings is 2. The Labute approximate surface area is 199 Å². The van der Waals surface area contributed by atoms with Crippen molar-refractivity contribution in [3.8, 4) is 0 Å². The van der Waals surface area contributed by atoms with Crippen LogP contribution in [0.2, 0.25) is 0 Å². The highest BCUT2D eigenvalue weighted by Gasteiger charge is 2.27. The van der Waals surface area contributed by atoms with Gasteiger partial charge >= 0.3 is 5.97 Å². The first kappa shape index (κ1) is 25.1. The van der Waals surface area contributed by atoms with Gasteiger partial charge in [-0.3, -0.25) is 4.79 Å². The van der Waals surface area contributed by atoms with E-state index in [2.05, 4.69) is 15.6 Å². The van der Waals surface area contributed by atoms with E-state index < -0.39 is 21.9 Å². The Kier molecular flexibility index (Phi) is 7.85. The second kappa shape index (κ2) is 10.6. The van der Waals surface area contributed by atoms with Crippen molar-refractivity contribution >= 4 is 39.1 Å². The number of fused-ring (bicyclic) bond motifs is 1. The van der Waals surface area contributed by atoms with Crippen LogP contribution in [0.4, 0.5) is 11.4 Å². The van der Waals surface area contributed by atoms with Gasteiger partial charge in [0.2, 0.25) is 10.0 Å². The number of ether oxygens (including phenoxy) is 1. The van der Waals surface area contributed by atoms with E-state index in [4.69, 9.17) is 4.74 Å². The first-order valence-electron chi connectivity index (χ1n) is 11.0. The number of carbonyl (C=O) groups is 2. The number of hydrogen-bond acceptors (Lipinski definition) is 7. The lowest BCUT2D eigenvalue weighted by molar-refractivity contribution is -0.137. The first-order chi connectivity index (χ1) is 16.2. The Morgan fingerprint density at radius 3 is 2.44 bits per heavy atom. The standard InChI is InChI=1S/C24H28N4O5S/c1-5-28(6-2)34(31,32)18-12-10-11-17(15-18)23(29)27-22-21(24(30)33-7-3)16(4)25-19-13-8-9-14-20(19)26-22/h8-15,25H,5-7H2,1-4H3,(H,26,27,29). The molecular formula is C24H28N4O5S. The molecular weight excluding hydrogens is 456 g/mol. The van der Waals surface area contributed by atoms with Gasteiger partial charge in [0.1, 0.15) is 11.4 Å². The average Bonchev–Trinajstić information content (AvgIpc) is 2.95. The molecule has 0 fully saturated rings. The number of sulfonamides is 1. The largest absolute Gasteiger partial charge is 0.462 e. The Bertz CT molecular complexity index is 1260. The fourth-order valence-electron chi connectivity index (χ4n) is 3.53. The lowest BCUT2D eigenvalue weighted by atomic mass is 10.1. The summed E-state index contributed by atoms with van der Waals surface area (Å²) >= 11 is 0. The lowest BCUT2D eigenvalue weighted by Crippen LogP contribution is -2.35. The predicted octanol–water partition coefficient (Wildman–Crippen LogP) is 3.44. The molecule has 0 atom stereocenters. The summed E-state index contributed by atoms with van der Waals surface area (Å²) in [5, 5.41) is 5.81. The van der Waals surface area contributed by atoms with Gasteiger partial charge in [0.25, 0.3) is 5.91 Å². The predicted molar refractivity (Wildman–Crippen MR) is 131 cm³/mol. The Morgan fingerprint density at radius 2 is 1.76 bits per heavy atom. The van der Waals surface area contributed by atoms with Gasteiger partial charge in [-0.1, -0.05) is 32.0 Å². The molecule has 0 saturated carbocycles. The zero-order valence-corrected chi connectivity index (χ0v) is 20.4. The number of aliphatic imine (C=N–C) groups is 1. The normalized spacial score (nSPS) is 13.5. The highest BCUT2D eigenvalue weighted by atomic mass is 32.2.